The summed E-state index contributed by atoms with van der Waals surface area (Å²) >= 11 is 1.43. The van der Waals surface area contributed by atoms with Gasteiger partial charge in [0.05, 0.1) is 17.7 Å². The number of aliphatic hydroxyl groups is 1. The fourth-order valence-electron chi connectivity index (χ4n) is 1.77. The highest BCUT2D eigenvalue weighted by Crippen LogP contribution is 2.26. The fraction of sp³-hybridized carbons (Fsp3) is 0.188. The van der Waals surface area contributed by atoms with E-state index >= 15 is 0 Å². The molecule has 1 heterocycles. The van der Waals surface area contributed by atoms with Crippen molar-refractivity contribution in [3.05, 3.63) is 45.6 Å². The van der Waals surface area contributed by atoms with E-state index in [0.717, 1.165) is 4.88 Å². The number of ether oxygens (including phenoxy) is 1. The lowest BCUT2D eigenvalue weighted by atomic mass is 10.2. The first-order chi connectivity index (χ1) is 10.1. The molecule has 0 aliphatic rings. The maximum atomic E-state index is 12.2. The summed E-state index contributed by atoms with van der Waals surface area (Å²) in [6, 6.07) is 8.92. The molecule has 2 rings (SSSR count). The van der Waals surface area contributed by atoms with Crippen LogP contribution < -0.4 is 10.1 Å². The van der Waals surface area contributed by atoms with Crippen molar-refractivity contribution in [2.24, 2.45) is 0 Å². The number of anilines is 1. The monoisotopic (exact) mass is 301 g/mol. The van der Waals surface area contributed by atoms with Gasteiger partial charge in [-0.05, 0) is 37.3 Å². The number of aliphatic hydroxyl groups excluding tert-OH is 1. The van der Waals surface area contributed by atoms with E-state index in [9.17, 15) is 4.79 Å². The number of hydrogen-bond donors (Lipinski definition) is 2. The normalized spacial score (nSPS) is 9.67. The van der Waals surface area contributed by atoms with Gasteiger partial charge in [0.2, 0.25) is 0 Å². The van der Waals surface area contributed by atoms with E-state index in [-0.39, 0.29) is 12.5 Å². The SMILES string of the molecule is COc1ccc(C#CCO)cc1NC(=O)c1ccc(C)s1. The zero-order chi connectivity index (χ0) is 15.2. The van der Waals surface area contributed by atoms with Crippen LogP contribution in [0.5, 0.6) is 5.75 Å². The molecule has 21 heavy (non-hydrogen) atoms. The second-order valence-corrected chi connectivity index (χ2v) is 5.53. The van der Waals surface area contributed by atoms with Crippen LogP contribution in [0.15, 0.2) is 30.3 Å². The number of carbonyl (C=O) groups excluding carboxylic acids is 1. The predicted octanol–water partition coefficient (Wildman–Crippen LogP) is 2.66. The molecule has 5 heteroatoms. The van der Waals surface area contributed by atoms with E-state index in [1.807, 2.05) is 13.0 Å². The van der Waals surface area contributed by atoms with E-state index < -0.39 is 0 Å². The third-order valence-corrected chi connectivity index (χ3v) is 3.72. The van der Waals surface area contributed by atoms with Gasteiger partial charge in [-0.1, -0.05) is 11.8 Å². The second-order valence-electron chi connectivity index (χ2n) is 4.24. The Balaban J connectivity index is 2.26. The van der Waals surface area contributed by atoms with E-state index in [2.05, 4.69) is 17.2 Å². The Bertz CT molecular complexity index is 710. The molecule has 108 valence electrons. The minimum Gasteiger partial charge on any atom is -0.495 e. The Morgan fingerprint density at radius 2 is 2.19 bits per heavy atom. The van der Waals surface area contributed by atoms with Gasteiger partial charge in [0.1, 0.15) is 12.4 Å². The van der Waals surface area contributed by atoms with Crippen molar-refractivity contribution in [3.8, 4) is 17.6 Å². The number of aryl methyl sites for hydroxylation is 1. The van der Waals surface area contributed by atoms with Gasteiger partial charge in [0.25, 0.3) is 5.91 Å². The standard InChI is InChI=1S/C16H15NO3S/c1-11-5-8-15(21-11)16(19)17-13-10-12(4-3-9-18)6-7-14(13)20-2/h5-8,10,18H,9H2,1-2H3,(H,17,19). The van der Waals surface area contributed by atoms with Crippen LogP contribution in [-0.4, -0.2) is 24.7 Å². The molecule has 2 aromatic rings. The average Bonchev–Trinajstić information content (AvgIpc) is 2.92. The van der Waals surface area contributed by atoms with Crippen LogP contribution in [0.2, 0.25) is 0 Å². The van der Waals surface area contributed by atoms with Crippen molar-refractivity contribution >= 4 is 22.9 Å². The highest BCUT2D eigenvalue weighted by Gasteiger charge is 2.11. The second kappa shape index (κ2) is 6.93. The number of hydrogen-bond acceptors (Lipinski definition) is 4. The molecule has 0 unspecified atom stereocenters. The first-order valence-corrected chi connectivity index (χ1v) is 7.11. The van der Waals surface area contributed by atoms with Crippen LogP contribution in [0.1, 0.15) is 20.1 Å². The smallest absolute Gasteiger partial charge is 0.265 e. The zero-order valence-electron chi connectivity index (χ0n) is 11.8. The quantitative estimate of drug-likeness (QED) is 0.857. The Kier molecular flexibility index (Phi) is 4.99. The molecule has 2 N–H and O–H groups in total. The summed E-state index contributed by atoms with van der Waals surface area (Å²) in [6.45, 7) is 1.75. The molecule has 0 saturated heterocycles. The number of rotatable bonds is 3. The number of methoxy groups -OCH3 is 1. The van der Waals surface area contributed by atoms with Gasteiger partial charge < -0.3 is 15.2 Å². The lowest BCUT2D eigenvalue weighted by Gasteiger charge is -2.10. The number of carbonyl (C=O) groups is 1. The molecule has 0 atom stereocenters. The molecule has 0 fully saturated rings. The molecule has 0 aliphatic heterocycles. The first-order valence-electron chi connectivity index (χ1n) is 6.29. The Morgan fingerprint density at radius 1 is 1.38 bits per heavy atom. The third-order valence-electron chi connectivity index (χ3n) is 2.72. The molecule has 0 bridgehead atoms. The van der Waals surface area contributed by atoms with Gasteiger partial charge in [-0.2, -0.15) is 0 Å². The topological polar surface area (TPSA) is 58.6 Å². The van der Waals surface area contributed by atoms with Crippen LogP contribution in [-0.2, 0) is 0 Å². The predicted molar refractivity (Wildman–Crippen MR) is 84.0 cm³/mol. The molecular weight excluding hydrogens is 286 g/mol. The summed E-state index contributed by atoms with van der Waals surface area (Å²) in [5, 5.41) is 11.6. The zero-order valence-corrected chi connectivity index (χ0v) is 12.6. The van der Waals surface area contributed by atoms with Crippen LogP contribution in [0, 0.1) is 18.8 Å². The lowest BCUT2D eigenvalue weighted by molar-refractivity contribution is 0.103. The summed E-state index contributed by atoms with van der Waals surface area (Å²) in [7, 11) is 1.54. The fourth-order valence-corrected chi connectivity index (χ4v) is 2.53. The summed E-state index contributed by atoms with van der Waals surface area (Å²) < 4.78 is 5.24. The van der Waals surface area contributed by atoms with Crippen LogP contribution in [0.3, 0.4) is 0 Å². The molecule has 1 aromatic carbocycles. The molecule has 0 radical (unpaired) electrons. The van der Waals surface area contributed by atoms with Crippen molar-refractivity contribution in [3.63, 3.8) is 0 Å². The van der Waals surface area contributed by atoms with Gasteiger partial charge in [0.15, 0.2) is 0 Å². The summed E-state index contributed by atoms with van der Waals surface area (Å²) in [5.74, 6) is 5.75. The Labute approximate surface area is 127 Å². The Morgan fingerprint density at radius 3 is 2.81 bits per heavy atom. The molecule has 4 nitrogen and oxygen atoms in total. The maximum Gasteiger partial charge on any atom is 0.265 e. The van der Waals surface area contributed by atoms with Crippen molar-refractivity contribution < 1.29 is 14.6 Å². The molecule has 0 saturated carbocycles. The van der Waals surface area contributed by atoms with Crippen molar-refractivity contribution in [1.82, 2.24) is 0 Å². The first kappa shape index (κ1) is 15.1. The van der Waals surface area contributed by atoms with E-state index in [0.29, 0.717) is 21.9 Å². The average molecular weight is 301 g/mol. The molecular formula is C16H15NO3S. The van der Waals surface area contributed by atoms with E-state index in [4.69, 9.17) is 9.84 Å². The van der Waals surface area contributed by atoms with Gasteiger partial charge in [-0.15, -0.1) is 11.3 Å². The molecule has 0 aliphatic carbocycles. The van der Waals surface area contributed by atoms with E-state index in [1.165, 1.54) is 11.3 Å². The number of thiophene rings is 1. The minimum atomic E-state index is -0.206. The van der Waals surface area contributed by atoms with Crippen molar-refractivity contribution in [2.45, 2.75) is 6.92 Å². The summed E-state index contributed by atoms with van der Waals surface area (Å²) in [5.41, 5.74) is 1.25. The molecule has 1 amide bonds. The van der Waals surface area contributed by atoms with Gasteiger partial charge >= 0.3 is 0 Å². The molecule has 0 spiro atoms. The highest BCUT2D eigenvalue weighted by molar-refractivity contribution is 7.14. The maximum absolute atomic E-state index is 12.2. The number of amides is 1. The largest absolute Gasteiger partial charge is 0.495 e. The minimum absolute atomic E-state index is 0.182. The van der Waals surface area contributed by atoms with Crippen molar-refractivity contribution in [2.75, 3.05) is 19.0 Å². The summed E-state index contributed by atoms with van der Waals surface area (Å²) in [4.78, 5) is 13.9. The van der Waals surface area contributed by atoms with E-state index in [1.54, 1.807) is 31.4 Å². The lowest BCUT2D eigenvalue weighted by Crippen LogP contribution is -2.11. The van der Waals surface area contributed by atoms with Gasteiger partial charge in [-0.25, -0.2) is 0 Å². The highest BCUT2D eigenvalue weighted by atomic mass is 32.1. The summed E-state index contributed by atoms with van der Waals surface area (Å²) in [6.07, 6.45) is 0. The molecule has 1 aromatic heterocycles. The van der Waals surface area contributed by atoms with Crippen LogP contribution >= 0.6 is 11.3 Å². The van der Waals surface area contributed by atoms with Crippen molar-refractivity contribution in [1.29, 1.82) is 0 Å². The Hall–Kier alpha value is -2.29. The third kappa shape index (κ3) is 3.85. The van der Waals surface area contributed by atoms with Gasteiger partial charge in [0, 0.05) is 10.4 Å². The van der Waals surface area contributed by atoms with Crippen LogP contribution in [0.4, 0.5) is 5.69 Å². The van der Waals surface area contributed by atoms with Crippen LogP contribution in [0.25, 0.3) is 0 Å². The van der Waals surface area contributed by atoms with Gasteiger partial charge in [-0.3, -0.25) is 4.79 Å². The number of nitrogens with one attached hydrogen (secondary N) is 1. The number of benzene rings is 1.